The average molecular weight is 473 g/mol. The van der Waals surface area contributed by atoms with E-state index in [-0.39, 0.29) is 5.28 Å². The molecule has 5 unspecified atom stereocenters. The molecule has 0 amide bonds. The Morgan fingerprint density at radius 2 is 1.23 bits per heavy atom. The van der Waals surface area contributed by atoms with Crippen LogP contribution in [0, 0.1) is 0 Å². The molecule has 31 heavy (non-hydrogen) atoms. The van der Waals surface area contributed by atoms with E-state index in [1.165, 1.54) is 54.0 Å². The fourth-order valence-corrected chi connectivity index (χ4v) is 100. The normalized spacial score (nSPS) is 72.1. The van der Waals surface area contributed by atoms with E-state index in [1.807, 2.05) is 0 Å². The van der Waals surface area contributed by atoms with Crippen molar-refractivity contribution in [3.05, 3.63) is 60.7 Å². The van der Waals surface area contributed by atoms with Crippen LogP contribution in [-0.2, 0) is 11.3 Å². The molecule has 0 bridgehead atoms. The number of carboxylic acid groups (broad SMARTS) is 1. The number of hydrogen-bond acceptors (Lipinski definition) is 2. The Labute approximate surface area is 173 Å². The molecule has 0 aliphatic carbocycles. The first-order valence-electron chi connectivity index (χ1n) is 11.7. The van der Waals surface area contributed by atoms with Crippen LogP contribution in [-0.4, -0.2) is 16.4 Å². The maximum atomic E-state index is 9.00. The minimum atomic E-state index is -3.24. The Balaban J connectivity index is 0.000000328. The Morgan fingerprint density at radius 3 is 1.48 bits per heavy atom. The van der Waals surface area contributed by atoms with Gasteiger partial charge >= 0.3 is 151 Å². The zero-order valence-corrected chi connectivity index (χ0v) is 19.7. The maximum absolute atomic E-state index is 9.00. The van der Waals surface area contributed by atoms with Crippen LogP contribution >= 0.6 is 7.92 Å². The van der Waals surface area contributed by atoms with Crippen LogP contribution in [0.5, 0.6) is 0 Å². The topological polar surface area (TPSA) is 63.3 Å². The summed E-state index contributed by atoms with van der Waals surface area (Å²) in [5.41, 5.74) is 7.77. The van der Waals surface area contributed by atoms with E-state index in [9.17, 15) is 0 Å². The first-order valence-corrected chi connectivity index (χ1v) is 19.3. The van der Waals surface area contributed by atoms with E-state index < -0.39 is 20.4 Å². The summed E-state index contributed by atoms with van der Waals surface area (Å²) in [6.45, 7) is 0.409. The molecule has 3 N–H and O–H groups in total. The number of fused-ring (bicyclic) bond motifs is 10. The van der Waals surface area contributed by atoms with Gasteiger partial charge in [0.1, 0.15) is 0 Å². The fraction of sp³-hybridized carbons (Fsp3) is 0.500. The summed E-state index contributed by atoms with van der Waals surface area (Å²) < 4.78 is 0.726. The van der Waals surface area contributed by atoms with Crippen molar-refractivity contribution < 1.29 is 16.4 Å². The van der Waals surface area contributed by atoms with Gasteiger partial charge in [-0.1, -0.05) is 0 Å². The minimum absolute atomic E-state index is 0.0278. The van der Waals surface area contributed by atoms with Gasteiger partial charge in [0.25, 0.3) is 5.97 Å². The van der Waals surface area contributed by atoms with Crippen LogP contribution in [0.2, 0.25) is 47.7 Å². The first kappa shape index (κ1) is 15.6. The van der Waals surface area contributed by atoms with Gasteiger partial charge in [-0.25, -0.2) is 0 Å². The standard InChI is InChI=1S/C19H19NP.C5H5.C2H4O2.Fe/c1-19(20,16-10-8-9-11-16)21(17-12-4-2-5-13-17)18-14-6-3-7-15-18;1-2-4-5-3-1;1-2(3)4;/h2-15H,20H2,1H3;1-5H;1H3,(H,3,4);. The molecule has 10 saturated heterocycles. The van der Waals surface area contributed by atoms with Crippen molar-refractivity contribution in [2.45, 2.75) is 66.8 Å². The molecule has 2 aromatic carbocycles. The van der Waals surface area contributed by atoms with E-state index in [4.69, 9.17) is 15.6 Å². The molecule has 10 aliphatic heterocycles. The van der Waals surface area contributed by atoms with E-state index in [2.05, 4.69) is 67.6 Å². The number of benzene rings is 2. The third kappa shape index (κ3) is 0.330. The van der Waals surface area contributed by atoms with Crippen molar-refractivity contribution in [3.8, 4) is 0 Å². The van der Waals surface area contributed by atoms with Crippen molar-refractivity contribution in [2.75, 3.05) is 0 Å². The summed E-state index contributed by atoms with van der Waals surface area (Å²) >= 11 is 0. The van der Waals surface area contributed by atoms with E-state index >= 15 is 0 Å². The molecule has 0 aromatic heterocycles. The third-order valence-corrected chi connectivity index (χ3v) is 63.7. The summed E-state index contributed by atoms with van der Waals surface area (Å²) in [7, 11) is -0.487. The SMILES string of the molecule is CC(=O)O.CC(N)(P(c1ccccc1)c1ccccc1)[C]12[CH]3[CH]4[CH]5[CH]1[Fe]45321678[CH]2[CH]1[CH]6[CH]7[CH]28. The number of carboxylic acids is 1. The van der Waals surface area contributed by atoms with Gasteiger partial charge in [-0.15, -0.1) is 0 Å². The van der Waals surface area contributed by atoms with Crippen LogP contribution in [0.3, 0.4) is 0 Å². The number of rotatable bonds is 4. The molecular weight excluding hydrogens is 445 g/mol. The predicted molar refractivity (Wildman–Crippen MR) is 121 cm³/mol. The summed E-state index contributed by atoms with van der Waals surface area (Å²) in [6.07, 6.45) is 0. The van der Waals surface area contributed by atoms with Crippen molar-refractivity contribution in [3.63, 3.8) is 0 Å². The molecule has 10 aliphatic rings. The predicted octanol–water partition coefficient (Wildman–Crippen LogP) is 5.64. The molecule has 10 heterocycles. The van der Waals surface area contributed by atoms with E-state index in [0.29, 0.717) is 0 Å². The van der Waals surface area contributed by atoms with Crippen LogP contribution in [0.15, 0.2) is 60.7 Å². The molecule has 5 heteroatoms. The van der Waals surface area contributed by atoms with Crippen LogP contribution in [0.4, 0.5) is 0 Å². The van der Waals surface area contributed by atoms with Gasteiger partial charge in [-0.05, 0) is 0 Å². The Hall–Kier alpha value is -1.18. The Morgan fingerprint density at radius 1 is 0.871 bits per heavy atom. The second-order valence-electron chi connectivity index (χ2n) is 14.4. The van der Waals surface area contributed by atoms with Gasteiger partial charge in [0, 0.05) is 6.92 Å². The van der Waals surface area contributed by atoms with Crippen LogP contribution in [0.1, 0.15) is 13.8 Å². The summed E-state index contributed by atoms with van der Waals surface area (Å²) in [4.78, 5) is 21.0. The number of aliphatic carboxylic acids is 1. The van der Waals surface area contributed by atoms with Crippen molar-refractivity contribution >= 4 is 24.5 Å². The second-order valence-corrected chi connectivity index (χ2v) is 40.5. The third-order valence-electron chi connectivity index (χ3n) is 17.9. The van der Waals surface area contributed by atoms with Gasteiger partial charge in [0.15, 0.2) is 0 Å². The fourth-order valence-electron chi connectivity index (χ4n) is 19.6. The van der Waals surface area contributed by atoms with Crippen LogP contribution < -0.4 is 16.3 Å². The zero-order chi connectivity index (χ0) is 20.9. The first-order chi connectivity index (χ1) is 14.6. The van der Waals surface area contributed by atoms with E-state index in [0.717, 1.165) is 11.2 Å². The van der Waals surface area contributed by atoms with Gasteiger partial charge in [-0.2, -0.15) is 0 Å². The molecule has 0 radical (unpaired) electrons. The quantitative estimate of drug-likeness (QED) is 0.446. The molecular formula is C26H28FeNO2P. The second kappa shape index (κ2) is 2.03. The van der Waals surface area contributed by atoms with Gasteiger partial charge in [0.05, 0.1) is 0 Å². The van der Waals surface area contributed by atoms with Crippen LogP contribution in [0.25, 0.3) is 0 Å². The molecule has 12 rings (SSSR count). The summed E-state index contributed by atoms with van der Waals surface area (Å²) in [5.74, 6) is -0.833. The zero-order valence-electron chi connectivity index (χ0n) is 17.7. The average Bonchev–Trinajstić information content (AvgIpc) is 3.68. The monoisotopic (exact) mass is 473 g/mol. The van der Waals surface area contributed by atoms with Gasteiger partial charge in [-0.3, -0.25) is 4.79 Å². The molecule has 0 saturated carbocycles. The number of carbonyl (C=O) groups is 1. The number of hydrogen-bond donors (Lipinski definition) is 2. The summed E-state index contributed by atoms with van der Waals surface area (Å²) in [6, 6.07) is 22.8. The molecule has 5 atom stereocenters. The Bertz CT molecular complexity index is 1520. The number of nitrogens with two attached hydrogens (primary N) is 1. The molecule has 1 spiro atoms. The molecule has 10 fully saturated rings. The Kier molecular flexibility index (Phi) is 1.02. The van der Waals surface area contributed by atoms with Crippen molar-refractivity contribution in [1.29, 1.82) is 0 Å². The molecule has 162 valence electrons. The van der Waals surface area contributed by atoms with Crippen molar-refractivity contribution in [1.82, 2.24) is 0 Å². The van der Waals surface area contributed by atoms with Gasteiger partial charge < -0.3 is 5.11 Å². The molecule has 3 nitrogen and oxygen atoms in total. The van der Waals surface area contributed by atoms with Crippen molar-refractivity contribution in [2.24, 2.45) is 5.73 Å². The molecule has 2 aromatic rings. The van der Waals surface area contributed by atoms with Gasteiger partial charge in [0.2, 0.25) is 0 Å². The van der Waals surface area contributed by atoms with E-state index in [1.54, 1.807) is 0 Å². The summed E-state index contributed by atoms with van der Waals surface area (Å²) in [5, 5.41) is 10.5.